The number of carbonyl (C=O) groups excluding carboxylic acids is 1. The Hall–Kier alpha value is -3.96. The molecule has 7 rings (SSSR count). The third-order valence-corrected chi connectivity index (χ3v) is 10.0. The molecule has 1 saturated carbocycles. The normalized spacial score (nSPS) is 20.1. The summed E-state index contributed by atoms with van der Waals surface area (Å²) in [6.45, 7) is 8.74. The third-order valence-electron chi connectivity index (χ3n) is 10.0. The fraction of sp³-hybridized carbons (Fsp3) is 0.514. The molecule has 2 aliphatic heterocycles. The van der Waals surface area contributed by atoms with E-state index in [1.54, 1.807) is 38.2 Å². The molecule has 3 fully saturated rings. The second kappa shape index (κ2) is 12.5. The fourth-order valence-electron chi connectivity index (χ4n) is 7.23. The third kappa shape index (κ3) is 6.07. The average molecular weight is 660 g/mol. The zero-order valence-electron chi connectivity index (χ0n) is 28.4. The summed E-state index contributed by atoms with van der Waals surface area (Å²) in [6, 6.07) is 6.35. The van der Waals surface area contributed by atoms with Crippen LogP contribution in [0.5, 0.6) is 11.8 Å². The van der Waals surface area contributed by atoms with Gasteiger partial charge < -0.3 is 24.0 Å². The molecule has 3 aliphatic rings. The van der Waals surface area contributed by atoms with Gasteiger partial charge in [-0.1, -0.05) is 26.8 Å². The lowest BCUT2D eigenvalue weighted by Gasteiger charge is -2.48. The first kappa shape index (κ1) is 32.6. The van der Waals surface area contributed by atoms with Crippen LogP contribution < -0.4 is 14.4 Å². The first-order valence-electron chi connectivity index (χ1n) is 17.0. The van der Waals surface area contributed by atoms with E-state index < -0.39 is 17.6 Å². The van der Waals surface area contributed by atoms with Crippen molar-refractivity contribution < 1.29 is 27.8 Å². The molecule has 2 aromatic carbocycles. The van der Waals surface area contributed by atoms with E-state index in [9.17, 15) is 4.79 Å². The van der Waals surface area contributed by atoms with Gasteiger partial charge in [0.25, 0.3) is 0 Å². The molecule has 48 heavy (non-hydrogen) atoms. The van der Waals surface area contributed by atoms with E-state index in [0.717, 1.165) is 51.8 Å². The van der Waals surface area contributed by atoms with Crippen LogP contribution in [0.15, 0.2) is 30.5 Å². The van der Waals surface area contributed by atoms with Crippen molar-refractivity contribution in [2.24, 2.45) is 11.3 Å². The molecule has 2 saturated heterocycles. The molecule has 1 atom stereocenters. The Labute approximate surface area is 279 Å². The van der Waals surface area contributed by atoms with Gasteiger partial charge in [0.05, 0.1) is 30.1 Å². The van der Waals surface area contributed by atoms with Gasteiger partial charge in [-0.25, -0.2) is 8.78 Å². The highest BCUT2D eigenvalue weighted by atomic mass is 19.1. The number of nitrogens with zero attached hydrogens (tertiary/aromatic N) is 5. The Morgan fingerprint density at radius 1 is 1.12 bits per heavy atom. The maximum Gasteiger partial charge on any atom is 0.319 e. The zero-order chi connectivity index (χ0) is 33.8. The molecule has 11 heteroatoms. The van der Waals surface area contributed by atoms with Gasteiger partial charge in [0.1, 0.15) is 28.6 Å². The second-order valence-electron chi connectivity index (χ2n) is 14.4. The minimum Gasteiger partial charge on any atom is -0.463 e. The maximum absolute atomic E-state index is 17.1. The van der Waals surface area contributed by atoms with E-state index in [4.69, 9.17) is 19.2 Å². The van der Waals surface area contributed by atoms with E-state index in [2.05, 4.69) is 19.8 Å². The van der Waals surface area contributed by atoms with Crippen LogP contribution in [0.25, 0.3) is 32.9 Å². The number of anilines is 1. The molecule has 4 heterocycles. The SMILES string of the molecule is CCc1c(F)ccc2cc(OC(=O)C(C)C)cc(-c3ncc4c(N5CCC[C@]6(CCO6)C5)nc(OCC5(CN(C)C)CC5)nc4c3F)c12. The molecule has 4 aromatic rings. The van der Waals surface area contributed by atoms with Crippen molar-refractivity contribution in [3.05, 3.63) is 47.7 Å². The van der Waals surface area contributed by atoms with Crippen LogP contribution in [0.2, 0.25) is 0 Å². The molecule has 0 radical (unpaired) electrons. The zero-order valence-corrected chi connectivity index (χ0v) is 28.4. The van der Waals surface area contributed by atoms with Crippen molar-refractivity contribution in [3.8, 4) is 23.0 Å². The van der Waals surface area contributed by atoms with Gasteiger partial charge in [0.2, 0.25) is 0 Å². The molecule has 0 unspecified atom stereocenters. The number of rotatable bonds is 10. The number of aromatic nitrogens is 3. The lowest BCUT2D eigenvalue weighted by Crippen LogP contribution is -2.56. The van der Waals surface area contributed by atoms with Gasteiger partial charge >= 0.3 is 12.0 Å². The molecule has 2 aromatic heterocycles. The highest BCUT2D eigenvalue weighted by molar-refractivity contribution is 6.02. The number of esters is 1. The van der Waals surface area contributed by atoms with Crippen molar-refractivity contribution in [3.63, 3.8) is 0 Å². The molecule has 9 nitrogen and oxygen atoms in total. The Balaban J connectivity index is 1.38. The minimum absolute atomic E-state index is 0.0189. The van der Waals surface area contributed by atoms with Gasteiger partial charge in [0, 0.05) is 43.2 Å². The Bertz CT molecular complexity index is 1890. The van der Waals surface area contributed by atoms with Gasteiger partial charge in [-0.15, -0.1) is 0 Å². The van der Waals surface area contributed by atoms with Gasteiger partial charge in [-0.05, 0) is 80.7 Å². The number of halogens is 2. The smallest absolute Gasteiger partial charge is 0.319 e. The van der Waals surface area contributed by atoms with Crippen molar-refractivity contribution in [2.75, 3.05) is 51.8 Å². The topological polar surface area (TPSA) is 89.9 Å². The largest absolute Gasteiger partial charge is 0.463 e. The number of ether oxygens (including phenoxy) is 3. The number of aryl methyl sites for hydroxylation is 1. The van der Waals surface area contributed by atoms with Crippen molar-refractivity contribution in [1.29, 1.82) is 0 Å². The number of benzene rings is 2. The average Bonchev–Trinajstić information content (AvgIpc) is 3.81. The lowest BCUT2D eigenvalue weighted by atomic mass is 9.86. The summed E-state index contributed by atoms with van der Waals surface area (Å²) < 4.78 is 50.3. The molecule has 254 valence electrons. The molecule has 0 bridgehead atoms. The molecule has 1 aliphatic carbocycles. The quantitative estimate of drug-likeness (QED) is 0.136. The monoisotopic (exact) mass is 659 g/mol. The van der Waals surface area contributed by atoms with E-state index in [1.807, 2.05) is 21.0 Å². The van der Waals surface area contributed by atoms with Gasteiger partial charge in [-0.3, -0.25) is 9.78 Å². The van der Waals surface area contributed by atoms with E-state index in [-0.39, 0.29) is 39.9 Å². The molecular weight excluding hydrogens is 616 g/mol. The van der Waals surface area contributed by atoms with Crippen molar-refractivity contribution >= 4 is 33.5 Å². The first-order chi connectivity index (χ1) is 23.0. The summed E-state index contributed by atoms with van der Waals surface area (Å²) in [7, 11) is 4.09. The standard InChI is InChI=1S/C37H43F2N5O4/c1-6-25-28(38)9-8-23-16-24(48-34(45)22(2)3)17-26(29(23)25)31-30(39)32-27(18-40-31)33(44-14-7-10-37(20-44)13-15-47-37)42-35(41-32)46-21-36(11-12-36)19-43(4)5/h8-9,16-18,22H,6-7,10-15,19-21H2,1-5H3/t37-/m0/s1. The molecule has 0 amide bonds. The van der Waals surface area contributed by atoms with E-state index in [0.29, 0.717) is 52.7 Å². The second-order valence-corrected chi connectivity index (χ2v) is 14.4. The summed E-state index contributed by atoms with van der Waals surface area (Å²) in [5, 5.41) is 1.58. The number of hydrogen-bond donors (Lipinski definition) is 0. The Morgan fingerprint density at radius 2 is 1.92 bits per heavy atom. The predicted octanol–water partition coefficient (Wildman–Crippen LogP) is 6.73. The predicted molar refractivity (Wildman–Crippen MR) is 181 cm³/mol. The van der Waals surface area contributed by atoms with Gasteiger partial charge in [0.15, 0.2) is 5.82 Å². The van der Waals surface area contributed by atoms with Crippen LogP contribution in [0.3, 0.4) is 0 Å². The summed E-state index contributed by atoms with van der Waals surface area (Å²) in [5.41, 5.74) is 0.590. The van der Waals surface area contributed by atoms with Crippen LogP contribution >= 0.6 is 0 Å². The van der Waals surface area contributed by atoms with Crippen molar-refractivity contribution in [2.45, 2.75) is 64.9 Å². The number of carbonyl (C=O) groups is 1. The fourth-order valence-corrected chi connectivity index (χ4v) is 7.23. The first-order valence-corrected chi connectivity index (χ1v) is 17.0. The highest BCUT2D eigenvalue weighted by Gasteiger charge is 2.45. The molecule has 1 spiro atoms. The molecule has 0 N–H and O–H groups in total. The van der Waals surface area contributed by atoms with Crippen LogP contribution in [-0.2, 0) is 16.0 Å². The van der Waals surface area contributed by atoms with Crippen LogP contribution in [-0.4, -0.2) is 78.4 Å². The number of piperidine rings is 1. The van der Waals surface area contributed by atoms with Crippen LogP contribution in [0.4, 0.5) is 14.6 Å². The maximum atomic E-state index is 17.1. The van der Waals surface area contributed by atoms with Crippen molar-refractivity contribution in [1.82, 2.24) is 19.9 Å². The van der Waals surface area contributed by atoms with E-state index in [1.165, 1.54) is 6.07 Å². The summed E-state index contributed by atoms with van der Waals surface area (Å²) >= 11 is 0. The Kier molecular flexibility index (Phi) is 8.48. The summed E-state index contributed by atoms with van der Waals surface area (Å²) in [6.07, 6.45) is 6.91. The number of fused-ring (bicyclic) bond motifs is 2. The number of hydrogen-bond acceptors (Lipinski definition) is 9. The van der Waals surface area contributed by atoms with Crippen LogP contribution in [0, 0.1) is 23.0 Å². The summed E-state index contributed by atoms with van der Waals surface area (Å²) in [5.74, 6) is -1.09. The highest BCUT2D eigenvalue weighted by Crippen LogP contribution is 2.47. The van der Waals surface area contributed by atoms with Gasteiger partial charge in [-0.2, -0.15) is 9.97 Å². The Morgan fingerprint density at radius 3 is 2.58 bits per heavy atom. The van der Waals surface area contributed by atoms with Crippen LogP contribution in [0.1, 0.15) is 58.4 Å². The number of pyridine rings is 1. The summed E-state index contributed by atoms with van der Waals surface area (Å²) in [4.78, 5) is 31.0. The minimum atomic E-state index is -0.679. The lowest BCUT2D eigenvalue weighted by molar-refractivity contribution is -0.151. The molecular formula is C37H43F2N5O4. The van der Waals surface area contributed by atoms with E-state index >= 15 is 8.78 Å².